The second kappa shape index (κ2) is 5.39. The lowest BCUT2D eigenvalue weighted by Gasteiger charge is -2.08. The second-order valence-corrected chi connectivity index (χ2v) is 3.99. The first-order valence-corrected chi connectivity index (χ1v) is 5.25. The number of ether oxygens (including phenoxy) is 1. The van der Waals surface area contributed by atoms with E-state index in [1.165, 1.54) is 19.1 Å². The molecule has 0 radical (unpaired) electrons. The van der Waals surface area contributed by atoms with Crippen LogP contribution in [0, 0.1) is 0 Å². The molecule has 0 spiro atoms. The highest BCUT2D eigenvalue weighted by Crippen LogP contribution is 2.32. The third-order valence-electron chi connectivity index (χ3n) is 2.16. The van der Waals surface area contributed by atoms with Crippen molar-refractivity contribution in [2.75, 3.05) is 6.61 Å². The van der Waals surface area contributed by atoms with Crippen LogP contribution in [0.5, 0.6) is 17.2 Å². The molecule has 0 unspecified atom stereocenters. The van der Waals surface area contributed by atoms with E-state index in [2.05, 4.69) is 0 Å². The van der Waals surface area contributed by atoms with Gasteiger partial charge in [0.05, 0.1) is 0 Å². The number of benzene rings is 1. The van der Waals surface area contributed by atoms with Gasteiger partial charge in [-0.15, -0.1) is 0 Å². The zero-order valence-electron chi connectivity index (χ0n) is 10.2. The van der Waals surface area contributed by atoms with E-state index < -0.39 is 5.78 Å². The van der Waals surface area contributed by atoms with Gasteiger partial charge in [-0.25, -0.2) is 0 Å². The minimum atomic E-state index is -0.393. The van der Waals surface area contributed by atoms with Crippen molar-refractivity contribution >= 4 is 5.78 Å². The summed E-state index contributed by atoms with van der Waals surface area (Å²) in [6, 6.07) is 2.63. The van der Waals surface area contributed by atoms with Gasteiger partial charge in [-0.2, -0.15) is 0 Å². The average molecular weight is 236 g/mol. The maximum Gasteiger partial charge on any atom is 0.167 e. The van der Waals surface area contributed by atoms with Crippen LogP contribution in [-0.2, 0) is 0 Å². The highest BCUT2D eigenvalue weighted by Gasteiger charge is 2.14. The fraction of sp³-hybridized carbons (Fsp3) is 0.308. The molecule has 0 atom stereocenters. The van der Waals surface area contributed by atoms with Gasteiger partial charge in [0.25, 0.3) is 0 Å². The Balaban J connectivity index is 2.91. The first-order chi connectivity index (χ1) is 7.91. The summed E-state index contributed by atoms with van der Waals surface area (Å²) in [5.41, 5.74) is 1.03. The largest absolute Gasteiger partial charge is 0.507 e. The molecular formula is C13H16O4. The van der Waals surface area contributed by atoms with E-state index in [0.717, 1.165) is 5.57 Å². The predicted molar refractivity (Wildman–Crippen MR) is 64.7 cm³/mol. The summed E-state index contributed by atoms with van der Waals surface area (Å²) in [7, 11) is 0. The van der Waals surface area contributed by atoms with E-state index in [0.29, 0.717) is 12.4 Å². The number of ketones is 1. The van der Waals surface area contributed by atoms with Crippen LogP contribution in [0.25, 0.3) is 0 Å². The van der Waals surface area contributed by atoms with E-state index in [9.17, 15) is 15.0 Å². The van der Waals surface area contributed by atoms with E-state index in [1.807, 2.05) is 19.9 Å². The lowest BCUT2D eigenvalue weighted by Crippen LogP contribution is -1.97. The molecule has 92 valence electrons. The van der Waals surface area contributed by atoms with Crippen LogP contribution in [0.15, 0.2) is 23.8 Å². The van der Waals surface area contributed by atoms with Gasteiger partial charge < -0.3 is 14.9 Å². The molecule has 1 aromatic rings. The molecule has 4 heteroatoms. The van der Waals surface area contributed by atoms with Crippen LogP contribution in [0.3, 0.4) is 0 Å². The number of aromatic hydroxyl groups is 2. The van der Waals surface area contributed by atoms with Gasteiger partial charge >= 0.3 is 0 Å². The van der Waals surface area contributed by atoms with Crippen LogP contribution >= 0.6 is 0 Å². The molecule has 0 amide bonds. The van der Waals surface area contributed by atoms with Gasteiger partial charge in [0.1, 0.15) is 29.4 Å². The van der Waals surface area contributed by atoms with Gasteiger partial charge in [0.15, 0.2) is 5.78 Å². The van der Waals surface area contributed by atoms with Crippen LogP contribution in [0.4, 0.5) is 0 Å². The maximum atomic E-state index is 11.1. The Hall–Kier alpha value is -1.97. The zero-order valence-corrected chi connectivity index (χ0v) is 10.2. The minimum absolute atomic E-state index is 0.0837. The number of carbonyl (C=O) groups excluding carboxylic acids is 1. The Labute approximate surface area is 100 Å². The standard InChI is InChI=1S/C13H16O4/c1-8(2)4-5-17-10-6-11(15)13(9(3)14)12(16)7-10/h4,6-7,15-16H,5H2,1-3H3. The van der Waals surface area contributed by atoms with Gasteiger partial charge in [-0.3, -0.25) is 4.79 Å². The fourth-order valence-electron chi connectivity index (χ4n) is 1.34. The molecule has 0 aliphatic heterocycles. The van der Waals surface area contributed by atoms with Crippen LogP contribution in [0.2, 0.25) is 0 Å². The zero-order chi connectivity index (χ0) is 13.0. The fourth-order valence-corrected chi connectivity index (χ4v) is 1.34. The molecular weight excluding hydrogens is 220 g/mol. The first-order valence-electron chi connectivity index (χ1n) is 5.25. The lowest BCUT2D eigenvalue weighted by atomic mass is 10.1. The van der Waals surface area contributed by atoms with Crippen LogP contribution < -0.4 is 4.74 Å². The van der Waals surface area contributed by atoms with Gasteiger partial charge in [0.2, 0.25) is 0 Å². The quantitative estimate of drug-likeness (QED) is 0.623. The van der Waals surface area contributed by atoms with Crippen molar-refractivity contribution in [2.45, 2.75) is 20.8 Å². The highest BCUT2D eigenvalue weighted by molar-refractivity contribution is 5.99. The summed E-state index contributed by atoms with van der Waals surface area (Å²) in [6.45, 7) is 5.51. The van der Waals surface area contributed by atoms with E-state index in [4.69, 9.17) is 4.74 Å². The van der Waals surface area contributed by atoms with Gasteiger partial charge in [0, 0.05) is 12.1 Å². The highest BCUT2D eigenvalue weighted by atomic mass is 16.5. The Bertz CT molecular complexity index is 433. The third kappa shape index (κ3) is 3.52. The van der Waals surface area contributed by atoms with Gasteiger partial charge in [-0.05, 0) is 26.8 Å². The van der Waals surface area contributed by atoms with Gasteiger partial charge in [-0.1, -0.05) is 5.57 Å². The molecule has 0 saturated carbocycles. The Morgan fingerprint density at radius 3 is 2.18 bits per heavy atom. The number of rotatable bonds is 4. The summed E-state index contributed by atoms with van der Waals surface area (Å²) < 4.78 is 5.31. The third-order valence-corrected chi connectivity index (χ3v) is 2.16. The predicted octanol–water partition coefficient (Wildman–Crippen LogP) is 2.65. The van der Waals surface area contributed by atoms with Crippen molar-refractivity contribution in [3.63, 3.8) is 0 Å². The topological polar surface area (TPSA) is 66.8 Å². The van der Waals surface area contributed by atoms with Crippen LogP contribution in [-0.4, -0.2) is 22.6 Å². The molecule has 0 aromatic heterocycles. The first kappa shape index (κ1) is 13.1. The molecule has 0 fully saturated rings. The number of allylic oxidation sites excluding steroid dienone is 1. The number of hydrogen-bond donors (Lipinski definition) is 2. The molecule has 17 heavy (non-hydrogen) atoms. The lowest BCUT2D eigenvalue weighted by molar-refractivity contribution is 0.101. The van der Waals surface area contributed by atoms with Crippen LogP contribution in [0.1, 0.15) is 31.1 Å². The van der Waals surface area contributed by atoms with Crippen molar-refractivity contribution in [3.8, 4) is 17.2 Å². The number of phenols is 2. The van der Waals surface area contributed by atoms with E-state index >= 15 is 0 Å². The number of Topliss-reactive ketones (excluding diaryl/α,β-unsaturated/α-hetero) is 1. The molecule has 0 aliphatic carbocycles. The maximum absolute atomic E-state index is 11.1. The summed E-state index contributed by atoms with van der Waals surface area (Å²) in [4.78, 5) is 11.1. The van der Waals surface area contributed by atoms with Crippen molar-refractivity contribution in [2.24, 2.45) is 0 Å². The minimum Gasteiger partial charge on any atom is -0.507 e. The number of hydrogen-bond acceptors (Lipinski definition) is 4. The van der Waals surface area contributed by atoms with Crippen molar-refractivity contribution < 1.29 is 19.7 Å². The van der Waals surface area contributed by atoms with Crippen molar-refractivity contribution in [1.82, 2.24) is 0 Å². The molecule has 4 nitrogen and oxygen atoms in total. The van der Waals surface area contributed by atoms with E-state index in [-0.39, 0.29) is 17.1 Å². The molecule has 1 rings (SSSR count). The summed E-state index contributed by atoms with van der Waals surface area (Å²) in [5.74, 6) is -0.618. The molecule has 0 heterocycles. The molecule has 0 aliphatic rings. The molecule has 1 aromatic carbocycles. The monoisotopic (exact) mass is 236 g/mol. The Morgan fingerprint density at radius 1 is 1.24 bits per heavy atom. The van der Waals surface area contributed by atoms with Crippen molar-refractivity contribution in [1.29, 1.82) is 0 Å². The smallest absolute Gasteiger partial charge is 0.167 e. The number of carbonyl (C=O) groups is 1. The summed E-state index contributed by atoms with van der Waals surface area (Å²) in [6.07, 6.45) is 1.87. The Morgan fingerprint density at radius 2 is 1.76 bits per heavy atom. The average Bonchev–Trinajstić information content (AvgIpc) is 2.14. The van der Waals surface area contributed by atoms with E-state index in [1.54, 1.807) is 0 Å². The normalized spacial score (nSPS) is 9.82. The SMILES string of the molecule is CC(=O)c1c(O)cc(OCC=C(C)C)cc1O. The molecule has 2 N–H and O–H groups in total. The number of phenolic OH excluding ortho intramolecular Hbond substituents is 2. The second-order valence-electron chi connectivity index (χ2n) is 3.99. The Kier molecular flexibility index (Phi) is 4.15. The molecule has 0 saturated heterocycles. The summed E-state index contributed by atoms with van der Waals surface area (Å²) >= 11 is 0. The summed E-state index contributed by atoms with van der Waals surface area (Å²) in [5, 5.41) is 19.1. The molecule has 0 bridgehead atoms. The van der Waals surface area contributed by atoms with Crippen molar-refractivity contribution in [3.05, 3.63) is 29.3 Å².